The fourth-order valence-corrected chi connectivity index (χ4v) is 1.24. The van der Waals surface area contributed by atoms with Gasteiger partial charge in [-0.2, -0.15) is 0 Å². The van der Waals surface area contributed by atoms with Crippen molar-refractivity contribution in [2.75, 3.05) is 5.32 Å². The number of hydrogen-bond acceptors (Lipinski definition) is 4. The summed E-state index contributed by atoms with van der Waals surface area (Å²) in [6, 6.07) is 1.58. The number of amides is 2. The first kappa shape index (κ1) is 14.2. The highest BCUT2D eigenvalue weighted by atomic mass is 16.5. The molecule has 0 unspecified atom stereocenters. The van der Waals surface area contributed by atoms with Gasteiger partial charge >= 0.3 is 0 Å². The van der Waals surface area contributed by atoms with E-state index in [9.17, 15) is 9.59 Å². The van der Waals surface area contributed by atoms with Crippen molar-refractivity contribution in [1.82, 2.24) is 10.5 Å². The van der Waals surface area contributed by atoms with E-state index in [-0.39, 0.29) is 11.9 Å². The molecule has 0 bridgehead atoms. The van der Waals surface area contributed by atoms with E-state index in [0.29, 0.717) is 11.6 Å². The van der Waals surface area contributed by atoms with E-state index in [2.05, 4.69) is 15.8 Å². The summed E-state index contributed by atoms with van der Waals surface area (Å²) in [5.41, 5.74) is -1.17. The molecule has 6 nitrogen and oxygen atoms in total. The lowest BCUT2D eigenvalue weighted by molar-refractivity contribution is -0.138. The molecule has 6 heteroatoms. The fraction of sp³-hybridized carbons (Fsp3) is 0.583. The number of carbonyl (C=O) groups excluding carboxylic acids is 2. The Morgan fingerprint density at radius 2 is 1.94 bits per heavy atom. The minimum absolute atomic E-state index is 0.0149. The average Bonchev–Trinajstić information content (AvgIpc) is 2.62. The molecule has 0 saturated carbocycles. The molecule has 1 heterocycles. The highest BCUT2D eigenvalue weighted by Gasteiger charge is 2.36. The van der Waals surface area contributed by atoms with Crippen molar-refractivity contribution in [3.05, 3.63) is 11.8 Å². The number of aryl methyl sites for hydroxylation is 1. The fourth-order valence-electron chi connectivity index (χ4n) is 1.24. The van der Waals surface area contributed by atoms with Gasteiger partial charge in [0.25, 0.3) is 0 Å². The van der Waals surface area contributed by atoms with Gasteiger partial charge in [0, 0.05) is 12.1 Å². The molecular formula is C12H19N3O3. The number of rotatable bonds is 4. The van der Waals surface area contributed by atoms with Crippen LogP contribution >= 0.6 is 0 Å². The third kappa shape index (κ3) is 3.32. The Balaban J connectivity index is 2.72. The lowest BCUT2D eigenvalue weighted by Crippen LogP contribution is -2.47. The highest BCUT2D eigenvalue weighted by Crippen LogP contribution is 2.19. The van der Waals surface area contributed by atoms with Crippen molar-refractivity contribution in [3.63, 3.8) is 0 Å². The molecule has 0 radical (unpaired) electrons. The van der Waals surface area contributed by atoms with Crippen LogP contribution in [0.4, 0.5) is 5.82 Å². The molecule has 100 valence electrons. The van der Waals surface area contributed by atoms with Crippen LogP contribution in [-0.2, 0) is 9.59 Å². The number of carbonyl (C=O) groups is 2. The zero-order valence-electron chi connectivity index (χ0n) is 11.3. The number of nitrogens with zero attached hydrogens (tertiary/aromatic N) is 1. The van der Waals surface area contributed by atoms with Crippen LogP contribution in [0.15, 0.2) is 10.6 Å². The first-order valence-electron chi connectivity index (χ1n) is 5.79. The van der Waals surface area contributed by atoms with Gasteiger partial charge in [-0.15, -0.1) is 0 Å². The van der Waals surface area contributed by atoms with Crippen LogP contribution in [0.25, 0.3) is 0 Å². The summed E-state index contributed by atoms with van der Waals surface area (Å²) < 4.78 is 4.84. The molecular weight excluding hydrogens is 234 g/mol. The zero-order chi connectivity index (χ0) is 13.9. The Morgan fingerprint density at radius 1 is 1.33 bits per heavy atom. The maximum Gasteiger partial charge on any atom is 0.240 e. The Hall–Kier alpha value is -1.85. The van der Waals surface area contributed by atoms with E-state index in [1.54, 1.807) is 26.8 Å². The second-order valence-corrected chi connectivity index (χ2v) is 5.03. The van der Waals surface area contributed by atoms with Gasteiger partial charge in [0.1, 0.15) is 11.2 Å². The first-order chi connectivity index (χ1) is 8.23. The Morgan fingerprint density at radius 3 is 2.39 bits per heavy atom. The largest absolute Gasteiger partial charge is 0.360 e. The van der Waals surface area contributed by atoms with Crippen LogP contribution in [0, 0.1) is 12.3 Å². The smallest absolute Gasteiger partial charge is 0.240 e. The molecule has 0 aromatic carbocycles. The van der Waals surface area contributed by atoms with Crippen LogP contribution < -0.4 is 10.6 Å². The molecule has 0 spiro atoms. The van der Waals surface area contributed by atoms with Gasteiger partial charge in [0.05, 0.1) is 0 Å². The number of anilines is 1. The van der Waals surface area contributed by atoms with Crippen molar-refractivity contribution < 1.29 is 14.1 Å². The predicted octanol–water partition coefficient (Wildman–Crippen LogP) is 1.47. The monoisotopic (exact) mass is 253 g/mol. The second-order valence-electron chi connectivity index (χ2n) is 5.03. The normalized spacial score (nSPS) is 11.4. The van der Waals surface area contributed by atoms with Gasteiger partial charge in [-0.3, -0.25) is 9.59 Å². The quantitative estimate of drug-likeness (QED) is 0.796. The van der Waals surface area contributed by atoms with Crippen molar-refractivity contribution in [3.8, 4) is 0 Å². The van der Waals surface area contributed by atoms with E-state index in [1.165, 1.54) is 0 Å². The average molecular weight is 253 g/mol. The van der Waals surface area contributed by atoms with Crippen LogP contribution in [-0.4, -0.2) is 23.0 Å². The summed E-state index contributed by atoms with van der Waals surface area (Å²) in [7, 11) is 0. The van der Waals surface area contributed by atoms with Crippen LogP contribution in [0.3, 0.4) is 0 Å². The van der Waals surface area contributed by atoms with Gasteiger partial charge in [0.15, 0.2) is 5.82 Å². The van der Waals surface area contributed by atoms with Crippen LogP contribution in [0.2, 0.25) is 0 Å². The summed E-state index contributed by atoms with van der Waals surface area (Å²) in [5.74, 6) is 0.154. The molecule has 2 amide bonds. The SMILES string of the molecule is Cc1cc(NC(=O)C(C)(C)C(=O)NC(C)C)no1. The topological polar surface area (TPSA) is 84.2 Å². The van der Waals surface area contributed by atoms with E-state index in [0.717, 1.165) is 0 Å². The van der Waals surface area contributed by atoms with E-state index >= 15 is 0 Å². The molecule has 18 heavy (non-hydrogen) atoms. The molecule has 2 N–H and O–H groups in total. The summed E-state index contributed by atoms with van der Waals surface area (Å²) in [6.45, 7) is 8.53. The number of aromatic nitrogens is 1. The van der Waals surface area contributed by atoms with Crippen molar-refractivity contribution in [1.29, 1.82) is 0 Å². The molecule has 0 aliphatic rings. The molecule has 0 atom stereocenters. The molecule has 0 saturated heterocycles. The zero-order valence-corrected chi connectivity index (χ0v) is 11.3. The molecule has 0 fully saturated rings. The molecule has 0 aliphatic carbocycles. The third-order valence-electron chi connectivity index (χ3n) is 2.42. The molecule has 1 rings (SSSR count). The minimum atomic E-state index is -1.17. The van der Waals surface area contributed by atoms with E-state index in [1.807, 2.05) is 13.8 Å². The van der Waals surface area contributed by atoms with Gasteiger partial charge in [-0.25, -0.2) is 0 Å². The molecule has 1 aromatic rings. The van der Waals surface area contributed by atoms with Gasteiger partial charge < -0.3 is 15.2 Å². The van der Waals surface area contributed by atoms with Gasteiger partial charge in [-0.05, 0) is 34.6 Å². The van der Waals surface area contributed by atoms with Crippen LogP contribution in [0.1, 0.15) is 33.5 Å². The summed E-state index contributed by atoms with van der Waals surface area (Å²) in [4.78, 5) is 23.9. The molecule has 0 aliphatic heterocycles. The predicted molar refractivity (Wildman–Crippen MR) is 66.9 cm³/mol. The van der Waals surface area contributed by atoms with Gasteiger partial charge in [0.2, 0.25) is 11.8 Å². The second kappa shape index (κ2) is 5.20. The molecule has 1 aromatic heterocycles. The number of hydrogen-bond donors (Lipinski definition) is 2. The standard InChI is InChI=1S/C12H19N3O3/c1-7(2)13-10(16)12(4,5)11(17)14-9-6-8(3)18-15-9/h6-7H,1-5H3,(H,13,16)(H,14,15,17). The van der Waals surface area contributed by atoms with Crippen molar-refractivity contribution in [2.24, 2.45) is 5.41 Å². The Kier molecular flexibility index (Phi) is 4.11. The minimum Gasteiger partial charge on any atom is -0.360 e. The Bertz CT molecular complexity index is 449. The van der Waals surface area contributed by atoms with Crippen LogP contribution in [0.5, 0.6) is 0 Å². The maximum atomic E-state index is 12.0. The maximum absolute atomic E-state index is 12.0. The Labute approximate surface area is 106 Å². The van der Waals surface area contributed by atoms with Gasteiger partial charge in [-0.1, -0.05) is 5.16 Å². The lowest BCUT2D eigenvalue weighted by Gasteiger charge is -2.23. The summed E-state index contributed by atoms with van der Waals surface area (Å²) in [5, 5.41) is 8.91. The van der Waals surface area contributed by atoms with E-state index in [4.69, 9.17) is 4.52 Å². The summed E-state index contributed by atoms with van der Waals surface area (Å²) in [6.07, 6.45) is 0. The van der Waals surface area contributed by atoms with Crippen molar-refractivity contribution >= 4 is 17.6 Å². The highest BCUT2D eigenvalue weighted by molar-refractivity contribution is 6.09. The third-order valence-corrected chi connectivity index (χ3v) is 2.42. The lowest BCUT2D eigenvalue weighted by atomic mass is 9.90. The summed E-state index contributed by atoms with van der Waals surface area (Å²) >= 11 is 0. The van der Waals surface area contributed by atoms with Crippen molar-refractivity contribution in [2.45, 2.75) is 40.7 Å². The number of nitrogens with one attached hydrogen (secondary N) is 2. The van der Waals surface area contributed by atoms with E-state index < -0.39 is 11.3 Å². The first-order valence-corrected chi connectivity index (χ1v) is 5.79.